The molecule has 3 nitrogen and oxygen atoms in total. The SMILES string of the molecule is NCC1(NC(=O)CC2CCCCC2)CCCCC1. The van der Waals surface area contributed by atoms with Crippen LogP contribution in [-0.4, -0.2) is 18.0 Å². The van der Waals surface area contributed by atoms with Crippen LogP contribution in [0.5, 0.6) is 0 Å². The summed E-state index contributed by atoms with van der Waals surface area (Å²) in [6, 6.07) is 0. The monoisotopic (exact) mass is 252 g/mol. The molecule has 2 aliphatic carbocycles. The number of hydrogen-bond donors (Lipinski definition) is 2. The normalized spacial score (nSPS) is 24.7. The highest BCUT2D eigenvalue weighted by Gasteiger charge is 2.32. The molecule has 0 atom stereocenters. The molecule has 104 valence electrons. The van der Waals surface area contributed by atoms with E-state index >= 15 is 0 Å². The summed E-state index contributed by atoms with van der Waals surface area (Å²) in [6.45, 7) is 0.601. The first kappa shape index (κ1) is 13.9. The quantitative estimate of drug-likeness (QED) is 0.808. The number of nitrogens with one attached hydrogen (secondary N) is 1. The largest absolute Gasteiger partial charge is 0.349 e. The molecule has 18 heavy (non-hydrogen) atoms. The molecule has 0 spiro atoms. The van der Waals surface area contributed by atoms with Gasteiger partial charge in [0.15, 0.2) is 0 Å². The van der Waals surface area contributed by atoms with E-state index in [-0.39, 0.29) is 11.4 Å². The Morgan fingerprint density at radius 1 is 1.06 bits per heavy atom. The number of amides is 1. The van der Waals surface area contributed by atoms with Crippen LogP contribution in [-0.2, 0) is 4.79 Å². The zero-order chi connectivity index (χ0) is 12.8. The number of nitrogens with two attached hydrogens (primary N) is 1. The van der Waals surface area contributed by atoms with Gasteiger partial charge in [-0.3, -0.25) is 4.79 Å². The van der Waals surface area contributed by atoms with Crippen molar-refractivity contribution in [3.05, 3.63) is 0 Å². The molecule has 0 bridgehead atoms. The highest BCUT2D eigenvalue weighted by Crippen LogP contribution is 2.29. The van der Waals surface area contributed by atoms with Crippen LogP contribution < -0.4 is 11.1 Å². The van der Waals surface area contributed by atoms with Gasteiger partial charge in [0.2, 0.25) is 5.91 Å². The van der Waals surface area contributed by atoms with E-state index in [1.807, 2.05) is 0 Å². The van der Waals surface area contributed by atoms with Crippen molar-refractivity contribution in [3.8, 4) is 0 Å². The zero-order valence-electron chi connectivity index (χ0n) is 11.5. The molecule has 0 unspecified atom stereocenters. The average molecular weight is 252 g/mol. The smallest absolute Gasteiger partial charge is 0.220 e. The van der Waals surface area contributed by atoms with E-state index in [1.54, 1.807) is 0 Å². The van der Waals surface area contributed by atoms with Crippen molar-refractivity contribution in [2.75, 3.05) is 6.54 Å². The second-order valence-corrected chi connectivity index (χ2v) is 6.30. The topological polar surface area (TPSA) is 55.1 Å². The van der Waals surface area contributed by atoms with Crippen LogP contribution in [0.4, 0.5) is 0 Å². The lowest BCUT2D eigenvalue weighted by atomic mass is 9.81. The van der Waals surface area contributed by atoms with E-state index in [4.69, 9.17) is 5.73 Å². The predicted molar refractivity (Wildman–Crippen MR) is 74.2 cm³/mol. The van der Waals surface area contributed by atoms with E-state index in [0.29, 0.717) is 12.5 Å². The van der Waals surface area contributed by atoms with Crippen LogP contribution in [0.2, 0.25) is 0 Å². The molecular formula is C15H28N2O. The summed E-state index contributed by atoms with van der Waals surface area (Å²) in [5.41, 5.74) is 5.83. The third kappa shape index (κ3) is 3.71. The fourth-order valence-corrected chi connectivity index (χ4v) is 3.61. The van der Waals surface area contributed by atoms with Crippen molar-refractivity contribution in [1.29, 1.82) is 0 Å². The third-order valence-electron chi connectivity index (χ3n) is 4.80. The van der Waals surface area contributed by atoms with E-state index in [1.165, 1.54) is 51.4 Å². The molecule has 2 saturated carbocycles. The average Bonchev–Trinajstić information content (AvgIpc) is 2.41. The van der Waals surface area contributed by atoms with Crippen LogP contribution in [0.3, 0.4) is 0 Å². The Morgan fingerprint density at radius 2 is 1.67 bits per heavy atom. The summed E-state index contributed by atoms with van der Waals surface area (Å²) in [7, 11) is 0. The Balaban J connectivity index is 1.81. The van der Waals surface area contributed by atoms with Gasteiger partial charge < -0.3 is 11.1 Å². The summed E-state index contributed by atoms with van der Waals surface area (Å²) in [4.78, 5) is 12.2. The van der Waals surface area contributed by atoms with Gasteiger partial charge in [0, 0.05) is 13.0 Å². The molecular weight excluding hydrogens is 224 g/mol. The number of carbonyl (C=O) groups is 1. The molecule has 2 fully saturated rings. The Bertz CT molecular complexity index is 266. The lowest BCUT2D eigenvalue weighted by Gasteiger charge is -2.37. The Morgan fingerprint density at radius 3 is 2.28 bits per heavy atom. The molecule has 0 aromatic rings. The van der Waals surface area contributed by atoms with Gasteiger partial charge in [-0.1, -0.05) is 38.5 Å². The highest BCUT2D eigenvalue weighted by molar-refractivity contribution is 5.77. The summed E-state index contributed by atoms with van der Waals surface area (Å²) >= 11 is 0. The Hall–Kier alpha value is -0.570. The van der Waals surface area contributed by atoms with E-state index < -0.39 is 0 Å². The van der Waals surface area contributed by atoms with Gasteiger partial charge >= 0.3 is 0 Å². The lowest BCUT2D eigenvalue weighted by molar-refractivity contribution is -0.124. The van der Waals surface area contributed by atoms with Gasteiger partial charge in [0.05, 0.1) is 5.54 Å². The zero-order valence-corrected chi connectivity index (χ0v) is 11.5. The van der Waals surface area contributed by atoms with Crippen molar-refractivity contribution in [3.63, 3.8) is 0 Å². The van der Waals surface area contributed by atoms with Gasteiger partial charge in [-0.25, -0.2) is 0 Å². The second-order valence-electron chi connectivity index (χ2n) is 6.30. The maximum absolute atomic E-state index is 12.2. The third-order valence-corrected chi connectivity index (χ3v) is 4.80. The van der Waals surface area contributed by atoms with Crippen LogP contribution in [0.25, 0.3) is 0 Å². The van der Waals surface area contributed by atoms with Crippen LogP contribution in [0.15, 0.2) is 0 Å². The molecule has 0 aliphatic heterocycles. The standard InChI is InChI=1S/C15H28N2O/c16-12-15(9-5-2-6-10-15)17-14(18)11-13-7-3-1-4-8-13/h13H,1-12,16H2,(H,17,18). The first-order valence-corrected chi connectivity index (χ1v) is 7.75. The summed E-state index contributed by atoms with van der Waals surface area (Å²) in [6.07, 6.45) is 13.0. The Kier molecular flexibility index (Phi) is 5.04. The van der Waals surface area contributed by atoms with Crippen molar-refractivity contribution >= 4 is 5.91 Å². The molecule has 1 amide bonds. The summed E-state index contributed by atoms with van der Waals surface area (Å²) in [5, 5.41) is 3.27. The van der Waals surface area contributed by atoms with Gasteiger partial charge in [-0.2, -0.15) is 0 Å². The molecule has 3 heteroatoms. The molecule has 0 aromatic carbocycles. The van der Waals surface area contributed by atoms with Gasteiger partial charge in [0.25, 0.3) is 0 Å². The van der Waals surface area contributed by atoms with Gasteiger partial charge in [-0.15, -0.1) is 0 Å². The minimum absolute atomic E-state index is 0.0794. The fraction of sp³-hybridized carbons (Fsp3) is 0.933. The number of rotatable bonds is 4. The number of hydrogen-bond acceptors (Lipinski definition) is 2. The van der Waals surface area contributed by atoms with Crippen LogP contribution >= 0.6 is 0 Å². The summed E-state index contributed by atoms with van der Waals surface area (Å²) in [5.74, 6) is 0.867. The van der Waals surface area contributed by atoms with Crippen molar-refractivity contribution in [2.24, 2.45) is 11.7 Å². The predicted octanol–water partition coefficient (Wildman–Crippen LogP) is 2.73. The van der Waals surface area contributed by atoms with Crippen LogP contribution in [0.1, 0.15) is 70.6 Å². The molecule has 3 N–H and O–H groups in total. The molecule has 0 saturated heterocycles. The second kappa shape index (κ2) is 6.55. The number of carbonyl (C=O) groups excluding carboxylic acids is 1. The van der Waals surface area contributed by atoms with Gasteiger partial charge in [0.1, 0.15) is 0 Å². The van der Waals surface area contributed by atoms with Gasteiger partial charge in [-0.05, 0) is 31.6 Å². The van der Waals surface area contributed by atoms with E-state index in [0.717, 1.165) is 19.3 Å². The van der Waals surface area contributed by atoms with Crippen LogP contribution in [0, 0.1) is 5.92 Å². The molecule has 2 rings (SSSR count). The minimum Gasteiger partial charge on any atom is -0.349 e. The Labute approximate surface area is 111 Å². The lowest BCUT2D eigenvalue weighted by Crippen LogP contribution is -2.55. The first-order chi connectivity index (χ1) is 8.74. The minimum atomic E-state index is -0.0794. The maximum atomic E-state index is 12.2. The summed E-state index contributed by atoms with van der Waals surface area (Å²) < 4.78 is 0. The molecule has 0 aromatic heterocycles. The van der Waals surface area contributed by atoms with E-state index in [9.17, 15) is 4.79 Å². The molecule has 2 aliphatic rings. The van der Waals surface area contributed by atoms with Crippen molar-refractivity contribution < 1.29 is 4.79 Å². The molecule has 0 radical (unpaired) electrons. The molecule has 0 heterocycles. The fourth-order valence-electron chi connectivity index (χ4n) is 3.61. The highest BCUT2D eigenvalue weighted by atomic mass is 16.1. The van der Waals surface area contributed by atoms with Crippen molar-refractivity contribution in [1.82, 2.24) is 5.32 Å². The maximum Gasteiger partial charge on any atom is 0.220 e. The van der Waals surface area contributed by atoms with Crippen molar-refractivity contribution in [2.45, 2.75) is 76.2 Å². The van der Waals surface area contributed by atoms with E-state index in [2.05, 4.69) is 5.32 Å². The first-order valence-electron chi connectivity index (χ1n) is 7.75.